The van der Waals surface area contributed by atoms with Crippen molar-refractivity contribution in [3.8, 4) is 0 Å². The zero-order valence-corrected chi connectivity index (χ0v) is 12.6. The Morgan fingerprint density at radius 2 is 1.83 bits per heavy atom. The molecule has 2 rings (SSSR count). The van der Waals surface area contributed by atoms with Gasteiger partial charge in [0, 0.05) is 27.5 Å². The maximum absolute atomic E-state index is 10.1. The first-order valence-electron chi connectivity index (χ1n) is 6.39. The third-order valence-electron chi connectivity index (χ3n) is 3.33. The van der Waals surface area contributed by atoms with Crippen LogP contribution in [0.5, 0.6) is 0 Å². The van der Waals surface area contributed by atoms with Crippen LogP contribution in [0.25, 0.3) is 0 Å². The van der Waals surface area contributed by atoms with Crippen molar-refractivity contribution in [2.75, 3.05) is 5.75 Å². The highest BCUT2D eigenvalue weighted by molar-refractivity contribution is 7.99. The largest absolute Gasteiger partial charge is 0.392 e. The smallest absolute Gasteiger partial charge is 0.0672 e. The van der Waals surface area contributed by atoms with Gasteiger partial charge in [-0.15, -0.1) is 0 Å². The van der Waals surface area contributed by atoms with Crippen LogP contribution in [0.15, 0.2) is 18.2 Å². The monoisotopic (exact) mass is 304 g/mol. The van der Waals surface area contributed by atoms with Crippen LogP contribution in [0.4, 0.5) is 0 Å². The van der Waals surface area contributed by atoms with Gasteiger partial charge >= 0.3 is 0 Å². The first-order valence-corrected chi connectivity index (χ1v) is 8.20. The molecule has 100 valence electrons. The number of aliphatic hydroxyl groups is 1. The highest BCUT2D eigenvalue weighted by atomic mass is 35.5. The summed E-state index contributed by atoms with van der Waals surface area (Å²) in [5.41, 5.74) is 0.861. The second-order valence-electron chi connectivity index (χ2n) is 4.80. The molecule has 1 atom stereocenters. The quantitative estimate of drug-likeness (QED) is 0.859. The SMILES string of the molecule is OC(CSC1CCCC1)Cc1c(Cl)cccc1Cl. The van der Waals surface area contributed by atoms with Crippen molar-refractivity contribution in [3.63, 3.8) is 0 Å². The van der Waals surface area contributed by atoms with E-state index in [0.29, 0.717) is 16.5 Å². The molecule has 1 fully saturated rings. The lowest BCUT2D eigenvalue weighted by Crippen LogP contribution is -2.16. The zero-order valence-electron chi connectivity index (χ0n) is 10.2. The van der Waals surface area contributed by atoms with E-state index in [1.54, 1.807) is 0 Å². The first kappa shape index (κ1) is 14.5. The van der Waals surface area contributed by atoms with Gasteiger partial charge in [-0.2, -0.15) is 11.8 Å². The Bertz CT molecular complexity index is 371. The molecule has 0 spiro atoms. The lowest BCUT2D eigenvalue weighted by atomic mass is 10.1. The second kappa shape index (κ2) is 7.04. The normalized spacial score (nSPS) is 18.2. The number of thioether (sulfide) groups is 1. The Hall–Kier alpha value is 0.110. The molecule has 0 amide bonds. The van der Waals surface area contributed by atoms with Crippen molar-refractivity contribution in [2.24, 2.45) is 0 Å². The Morgan fingerprint density at radius 3 is 2.44 bits per heavy atom. The molecule has 18 heavy (non-hydrogen) atoms. The molecular weight excluding hydrogens is 287 g/mol. The van der Waals surface area contributed by atoms with Crippen molar-refractivity contribution in [3.05, 3.63) is 33.8 Å². The van der Waals surface area contributed by atoms with Crippen molar-refractivity contribution in [2.45, 2.75) is 43.5 Å². The average molecular weight is 305 g/mol. The molecule has 0 radical (unpaired) electrons. The lowest BCUT2D eigenvalue weighted by molar-refractivity contribution is 0.200. The van der Waals surface area contributed by atoms with Crippen LogP contribution in [0.3, 0.4) is 0 Å². The van der Waals surface area contributed by atoms with Crippen molar-refractivity contribution >= 4 is 35.0 Å². The molecular formula is C14H18Cl2OS. The molecule has 0 heterocycles. The maximum atomic E-state index is 10.1. The summed E-state index contributed by atoms with van der Waals surface area (Å²) in [6, 6.07) is 5.47. The lowest BCUT2D eigenvalue weighted by Gasteiger charge is -2.15. The topological polar surface area (TPSA) is 20.2 Å². The van der Waals surface area contributed by atoms with Gasteiger partial charge in [0.15, 0.2) is 0 Å². The molecule has 4 heteroatoms. The number of aliphatic hydroxyl groups excluding tert-OH is 1. The third kappa shape index (κ3) is 4.06. The molecule has 1 aliphatic carbocycles. The van der Waals surface area contributed by atoms with Gasteiger partial charge in [-0.05, 0) is 30.5 Å². The van der Waals surface area contributed by atoms with Gasteiger partial charge in [0.2, 0.25) is 0 Å². The van der Waals surface area contributed by atoms with E-state index in [1.807, 2.05) is 30.0 Å². The van der Waals surface area contributed by atoms with Crippen LogP contribution < -0.4 is 0 Å². The molecule has 0 saturated heterocycles. The zero-order chi connectivity index (χ0) is 13.0. The molecule has 0 aromatic heterocycles. The number of rotatable bonds is 5. The number of hydrogen-bond acceptors (Lipinski definition) is 2. The summed E-state index contributed by atoms with van der Waals surface area (Å²) >= 11 is 14.1. The molecule has 1 unspecified atom stereocenters. The summed E-state index contributed by atoms with van der Waals surface area (Å²) in [4.78, 5) is 0. The van der Waals surface area contributed by atoms with Gasteiger partial charge in [0.25, 0.3) is 0 Å². The van der Waals surface area contributed by atoms with Crippen molar-refractivity contribution in [1.29, 1.82) is 0 Å². The van der Waals surface area contributed by atoms with E-state index in [1.165, 1.54) is 25.7 Å². The van der Waals surface area contributed by atoms with Crippen LogP contribution in [-0.4, -0.2) is 22.2 Å². The average Bonchev–Trinajstić information content (AvgIpc) is 2.84. The molecule has 0 bridgehead atoms. The maximum Gasteiger partial charge on any atom is 0.0672 e. The first-order chi connectivity index (χ1) is 8.66. The molecule has 1 N–H and O–H groups in total. The molecule has 1 aromatic rings. The van der Waals surface area contributed by atoms with Crippen molar-refractivity contribution < 1.29 is 5.11 Å². The predicted octanol–water partition coefficient (Wildman–Crippen LogP) is 4.57. The van der Waals surface area contributed by atoms with Gasteiger partial charge in [-0.1, -0.05) is 42.1 Å². The van der Waals surface area contributed by atoms with Crippen LogP contribution >= 0.6 is 35.0 Å². The van der Waals surface area contributed by atoms with Gasteiger partial charge in [-0.25, -0.2) is 0 Å². The van der Waals surface area contributed by atoms with Crippen LogP contribution in [0.2, 0.25) is 10.0 Å². The molecule has 1 aromatic carbocycles. The van der Waals surface area contributed by atoms with E-state index in [9.17, 15) is 5.11 Å². The molecule has 1 nitrogen and oxygen atoms in total. The fraction of sp³-hybridized carbons (Fsp3) is 0.571. The van der Waals surface area contributed by atoms with E-state index < -0.39 is 0 Å². The summed E-state index contributed by atoms with van der Waals surface area (Å²) in [5, 5.41) is 12.1. The summed E-state index contributed by atoms with van der Waals surface area (Å²) in [6.45, 7) is 0. The number of hydrogen-bond donors (Lipinski definition) is 1. The van der Waals surface area contributed by atoms with Gasteiger partial charge in [0.1, 0.15) is 0 Å². The fourth-order valence-electron chi connectivity index (χ4n) is 2.32. The highest BCUT2D eigenvalue weighted by Crippen LogP contribution is 2.31. The molecule has 0 aliphatic heterocycles. The summed E-state index contributed by atoms with van der Waals surface area (Å²) in [6.07, 6.45) is 5.44. The van der Waals surface area contributed by atoms with E-state index in [4.69, 9.17) is 23.2 Å². The van der Waals surface area contributed by atoms with E-state index >= 15 is 0 Å². The van der Waals surface area contributed by atoms with Gasteiger partial charge in [0.05, 0.1) is 6.10 Å². The van der Waals surface area contributed by atoms with Crippen LogP contribution in [0.1, 0.15) is 31.2 Å². The van der Waals surface area contributed by atoms with E-state index in [0.717, 1.165) is 16.6 Å². The van der Waals surface area contributed by atoms with E-state index in [-0.39, 0.29) is 6.10 Å². The summed E-state index contributed by atoms with van der Waals surface area (Å²) in [7, 11) is 0. The van der Waals surface area contributed by atoms with Crippen LogP contribution in [-0.2, 0) is 6.42 Å². The minimum atomic E-state index is -0.368. The number of halogens is 2. The second-order valence-corrected chi connectivity index (χ2v) is 6.95. The minimum Gasteiger partial charge on any atom is -0.392 e. The Balaban J connectivity index is 1.84. The predicted molar refractivity (Wildman–Crippen MR) is 80.9 cm³/mol. The summed E-state index contributed by atoms with van der Waals surface area (Å²) < 4.78 is 0. The molecule has 1 saturated carbocycles. The fourth-order valence-corrected chi connectivity index (χ4v) is 4.15. The number of benzene rings is 1. The van der Waals surface area contributed by atoms with E-state index in [2.05, 4.69) is 0 Å². The van der Waals surface area contributed by atoms with Gasteiger partial charge < -0.3 is 5.11 Å². The molecule has 1 aliphatic rings. The Kier molecular flexibility index (Phi) is 5.68. The van der Waals surface area contributed by atoms with Crippen LogP contribution in [0, 0.1) is 0 Å². The highest BCUT2D eigenvalue weighted by Gasteiger charge is 2.18. The Morgan fingerprint density at radius 1 is 1.22 bits per heavy atom. The van der Waals surface area contributed by atoms with Gasteiger partial charge in [-0.3, -0.25) is 0 Å². The third-order valence-corrected chi connectivity index (χ3v) is 5.56. The standard InChI is InChI=1S/C14H18Cl2OS/c15-13-6-3-7-14(16)12(13)8-10(17)9-18-11-4-1-2-5-11/h3,6-7,10-11,17H,1-2,4-5,8-9H2. The van der Waals surface area contributed by atoms with Crippen molar-refractivity contribution in [1.82, 2.24) is 0 Å². The Labute approximate surface area is 123 Å². The minimum absolute atomic E-state index is 0.368. The summed E-state index contributed by atoms with van der Waals surface area (Å²) in [5.74, 6) is 0.770.